The number of hydrogen-bond donors (Lipinski definition) is 2. The molecule has 0 saturated carbocycles. The van der Waals surface area contributed by atoms with Crippen LogP contribution in [0.25, 0.3) is 0 Å². The Labute approximate surface area is 141 Å². The molecule has 0 aliphatic carbocycles. The maximum atomic E-state index is 12.5. The van der Waals surface area contributed by atoms with E-state index in [1.807, 2.05) is 24.3 Å². The lowest BCUT2D eigenvalue weighted by molar-refractivity contribution is -0.129. The van der Waals surface area contributed by atoms with Gasteiger partial charge in [0, 0.05) is 32.2 Å². The van der Waals surface area contributed by atoms with Gasteiger partial charge in [0.1, 0.15) is 5.75 Å². The molecule has 0 aromatic heterocycles. The van der Waals surface area contributed by atoms with Crippen LogP contribution in [-0.2, 0) is 14.3 Å². The van der Waals surface area contributed by atoms with Crippen molar-refractivity contribution >= 4 is 11.8 Å². The molecular weight excluding hydrogens is 312 g/mol. The van der Waals surface area contributed by atoms with Crippen LogP contribution in [-0.4, -0.2) is 62.3 Å². The molecule has 0 spiro atoms. The van der Waals surface area contributed by atoms with Crippen molar-refractivity contribution in [3.63, 3.8) is 0 Å². The van der Waals surface area contributed by atoms with Crippen LogP contribution in [0.5, 0.6) is 5.75 Å². The summed E-state index contributed by atoms with van der Waals surface area (Å²) in [6.07, 6.45) is 0.129. The van der Waals surface area contributed by atoms with E-state index in [1.54, 1.807) is 19.1 Å². The Hall–Kier alpha value is -2.12. The highest BCUT2D eigenvalue weighted by Crippen LogP contribution is 2.41. The van der Waals surface area contributed by atoms with Gasteiger partial charge in [0.05, 0.1) is 32.3 Å². The largest absolute Gasteiger partial charge is 0.496 e. The van der Waals surface area contributed by atoms with Crippen LogP contribution in [0.2, 0.25) is 0 Å². The molecule has 1 heterocycles. The van der Waals surface area contributed by atoms with Gasteiger partial charge in [-0.2, -0.15) is 0 Å². The van der Waals surface area contributed by atoms with E-state index in [1.165, 1.54) is 0 Å². The summed E-state index contributed by atoms with van der Waals surface area (Å²) < 4.78 is 10.5. The van der Waals surface area contributed by atoms with Crippen LogP contribution in [0.15, 0.2) is 24.3 Å². The van der Waals surface area contributed by atoms with Crippen LogP contribution in [0.1, 0.15) is 18.0 Å². The highest BCUT2D eigenvalue weighted by atomic mass is 16.5. The van der Waals surface area contributed by atoms with Crippen molar-refractivity contribution in [3.05, 3.63) is 29.8 Å². The lowest BCUT2D eigenvalue weighted by Crippen LogP contribution is -2.37. The Morgan fingerprint density at radius 3 is 2.79 bits per heavy atom. The molecule has 1 aliphatic rings. The van der Waals surface area contributed by atoms with Crippen LogP contribution < -0.4 is 10.1 Å². The number of aliphatic hydroxyl groups excluding tert-OH is 1. The Morgan fingerprint density at radius 1 is 1.38 bits per heavy atom. The average Bonchev–Trinajstić information content (AvgIpc) is 2.94. The second kappa shape index (κ2) is 8.65. The molecule has 0 bridgehead atoms. The highest BCUT2D eigenvalue weighted by molar-refractivity contribution is 5.90. The van der Waals surface area contributed by atoms with E-state index in [0.29, 0.717) is 18.9 Å². The van der Waals surface area contributed by atoms with Crippen molar-refractivity contribution in [3.8, 4) is 5.75 Å². The number of rotatable bonds is 8. The number of aliphatic hydroxyl groups is 1. The average molecular weight is 336 g/mol. The van der Waals surface area contributed by atoms with Crippen molar-refractivity contribution in [1.82, 2.24) is 10.2 Å². The first kappa shape index (κ1) is 18.2. The van der Waals surface area contributed by atoms with Gasteiger partial charge in [-0.25, -0.2) is 0 Å². The van der Waals surface area contributed by atoms with Gasteiger partial charge in [0.15, 0.2) is 0 Å². The Kier molecular flexibility index (Phi) is 6.57. The predicted octanol–water partition coefficient (Wildman–Crippen LogP) is 0.340. The van der Waals surface area contributed by atoms with E-state index in [4.69, 9.17) is 14.6 Å². The minimum atomic E-state index is -0.530. The number of likely N-dealkylation sites (tertiary alicyclic amines) is 1. The SMILES string of the molecule is COCCN1C(=O)C[C@@H](C(=O)NCCO)[C@@H]1c1ccccc1OC. The van der Waals surface area contributed by atoms with Crippen molar-refractivity contribution < 1.29 is 24.2 Å². The molecule has 7 heteroatoms. The van der Waals surface area contributed by atoms with Crippen molar-refractivity contribution in [2.24, 2.45) is 5.92 Å². The monoisotopic (exact) mass is 336 g/mol. The molecule has 1 saturated heterocycles. The number of nitrogens with one attached hydrogen (secondary N) is 1. The number of amides is 2. The number of ether oxygens (including phenoxy) is 2. The van der Waals surface area contributed by atoms with Crippen molar-refractivity contribution in [2.75, 3.05) is 40.5 Å². The maximum Gasteiger partial charge on any atom is 0.226 e. The quantitative estimate of drug-likeness (QED) is 0.715. The maximum absolute atomic E-state index is 12.5. The van der Waals surface area contributed by atoms with Gasteiger partial charge >= 0.3 is 0 Å². The number of hydrogen-bond acceptors (Lipinski definition) is 5. The number of nitrogens with zero attached hydrogens (tertiary/aromatic N) is 1. The number of carbonyl (C=O) groups excluding carboxylic acids is 2. The van der Waals surface area contributed by atoms with Crippen LogP contribution in [0, 0.1) is 5.92 Å². The molecule has 24 heavy (non-hydrogen) atoms. The fraction of sp³-hybridized carbons (Fsp3) is 0.529. The molecule has 0 unspecified atom stereocenters. The van der Waals surface area contributed by atoms with E-state index >= 15 is 0 Å². The van der Waals surface area contributed by atoms with Crippen LogP contribution in [0.3, 0.4) is 0 Å². The molecule has 1 fully saturated rings. The van der Waals surface area contributed by atoms with Crippen LogP contribution in [0.4, 0.5) is 0 Å². The van der Waals surface area contributed by atoms with E-state index in [-0.39, 0.29) is 31.4 Å². The van der Waals surface area contributed by atoms with E-state index in [2.05, 4.69) is 5.32 Å². The van der Waals surface area contributed by atoms with Crippen molar-refractivity contribution in [2.45, 2.75) is 12.5 Å². The fourth-order valence-electron chi connectivity index (χ4n) is 3.08. The Bertz CT molecular complexity index is 578. The summed E-state index contributed by atoms with van der Waals surface area (Å²) >= 11 is 0. The highest BCUT2D eigenvalue weighted by Gasteiger charge is 2.45. The zero-order chi connectivity index (χ0) is 17.5. The first-order valence-electron chi connectivity index (χ1n) is 7.94. The Morgan fingerprint density at radius 2 is 2.12 bits per heavy atom. The molecule has 0 radical (unpaired) electrons. The summed E-state index contributed by atoms with van der Waals surface area (Å²) in [6.45, 7) is 0.823. The van der Waals surface area contributed by atoms with E-state index in [9.17, 15) is 9.59 Å². The smallest absolute Gasteiger partial charge is 0.226 e. The molecule has 1 aromatic rings. The summed E-state index contributed by atoms with van der Waals surface area (Å²) in [5, 5.41) is 11.6. The topological polar surface area (TPSA) is 88.1 Å². The Balaban J connectivity index is 2.35. The molecule has 2 atom stereocenters. The lowest BCUT2D eigenvalue weighted by Gasteiger charge is -2.29. The minimum Gasteiger partial charge on any atom is -0.496 e. The normalized spacial score (nSPS) is 20.3. The van der Waals surface area contributed by atoms with Gasteiger partial charge in [-0.3, -0.25) is 9.59 Å². The zero-order valence-corrected chi connectivity index (χ0v) is 14.0. The second-order valence-electron chi connectivity index (χ2n) is 5.59. The number of para-hydroxylation sites is 1. The van der Waals surface area contributed by atoms with Gasteiger partial charge < -0.3 is 24.8 Å². The second-order valence-corrected chi connectivity index (χ2v) is 5.59. The summed E-state index contributed by atoms with van der Waals surface area (Å²) in [6, 6.07) is 6.98. The minimum absolute atomic E-state index is 0.0906. The summed E-state index contributed by atoms with van der Waals surface area (Å²) in [7, 11) is 3.14. The van der Waals surface area contributed by atoms with Gasteiger partial charge in [0.25, 0.3) is 0 Å². The third-order valence-electron chi connectivity index (χ3n) is 4.17. The van der Waals surface area contributed by atoms with Gasteiger partial charge in [-0.1, -0.05) is 18.2 Å². The fourth-order valence-corrected chi connectivity index (χ4v) is 3.08. The van der Waals surface area contributed by atoms with E-state index in [0.717, 1.165) is 5.56 Å². The number of carbonyl (C=O) groups is 2. The van der Waals surface area contributed by atoms with Gasteiger partial charge in [0.2, 0.25) is 11.8 Å². The van der Waals surface area contributed by atoms with Gasteiger partial charge in [-0.15, -0.1) is 0 Å². The summed E-state index contributed by atoms with van der Waals surface area (Å²) in [5.41, 5.74) is 0.797. The third-order valence-corrected chi connectivity index (χ3v) is 4.17. The van der Waals surface area contributed by atoms with E-state index < -0.39 is 12.0 Å². The summed E-state index contributed by atoms with van der Waals surface area (Å²) in [4.78, 5) is 26.6. The first-order chi connectivity index (χ1) is 11.6. The lowest BCUT2D eigenvalue weighted by atomic mass is 9.92. The standard InChI is InChI=1S/C17H24N2O5/c1-23-10-8-19-15(21)11-13(17(22)18-7-9-20)16(19)12-5-3-4-6-14(12)24-2/h3-6,13,16,20H,7-11H2,1-2H3,(H,18,22)/t13-,16+/m1/s1. The number of benzene rings is 1. The third kappa shape index (κ3) is 3.85. The summed E-state index contributed by atoms with van der Waals surface area (Å²) in [5.74, 6) is -0.225. The molecule has 1 aromatic carbocycles. The molecule has 2 amide bonds. The van der Waals surface area contributed by atoms with Crippen molar-refractivity contribution in [1.29, 1.82) is 0 Å². The number of methoxy groups -OCH3 is 2. The molecular formula is C17H24N2O5. The first-order valence-corrected chi connectivity index (χ1v) is 7.94. The molecule has 1 aliphatic heterocycles. The molecule has 2 N–H and O–H groups in total. The molecule has 7 nitrogen and oxygen atoms in total. The zero-order valence-electron chi connectivity index (χ0n) is 14.0. The molecule has 2 rings (SSSR count). The predicted molar refractivity (Wildman–Crippen MR) is 87.5 cm³/mol. The van der Waals surface area contributed by atoms with Crippen LogP contribution >= 0.6 is 0 Å². The van der Waals surface area contributed by atoms with Gasteiger partial charge in [-0.05, 0) is 6.07 Å². The molecule has 132 valence electrons.